The Morgan fingerprint density at radius 1 is 0.947 bits per heavy atom. The molecule has 0 radical (unpaired) electrons. The molecule has 38 heavy (non-hydrogen) atoms. The van der Waals surface area contributed by atoms with Crippen molar-refractivity contribution in [1.82, 2.24) is 14.5 Å². The summed E-state index contributed by atoms with van der Waals surface area (Å²) in [7, 11) is -2.62. The summed E-state index contributed by atoms with van der Waals surface area (Å²) >= 11 is 12.2. The quantitative estimate of drug-likeness (QED) is 0.364. The first-order valence-corrected chi connectivity index (χ1v) is 14.4. The molecule has 0 bridgehead atoms. The van der Waals surface area contributed by atoms with Crippen LogP contribution in [0.1, 0.15) is 39.7 Å². The second-order valence-corrected chi connectivity index (χ2v) is 13.1. The number of likely N-dealkylation sites (N-methyl/N-ethyl adjacent to an activating group) is 1. The van der Waals surface area contributed by atoms with E-state index in [2.05, 4.69) is 5.32 Å². The third kappa shape index (κ3) is 7.26. The molecule has 2 amide bonds. The predicted molar refractivity (Wildman–Crippen MR) is 153 cm³/mol. The molecule has 0 aliphatic rings. The van der Waals surface area contributed by atoms with Crippen molar-refractivity contribution in [3.05, 3.63) is 76.3 Å². The zero-order valence-electron chi connectivity index (χ0n) is 22.2. The molecule has 1 N–H and O–H groups in total. The van der Waals surface area contributed by atoms with Crippen molar-refractivity contribution in [1.29, 1.82) is 0 Å². The second-order valence-electron chi connectivity index (χ2n) is 10.2. The summed E-state index contributed by atoms with van der Waals surface area (Å²) < 4.78 is 27.8. The molecule has 0 saturated carbocycles. The first-order valence-electron chi connectivity index (χ1n) is 12.2. The fraction of sp³-hybridized carbons (Fsp3) is 0.357. The molecule has 3 aromatic carbocycles. The van der Waals surface area contributed by atoms with Crippen LogP contribution in [0.5, 0.6) is 0 Å². The van der Waals surface area contributed by atoms with E-state index in [1.165, 1.54) is 18.0 Å². The molecule has 3 aromatic rings. The number of sulfonamides is 1. The summed E-state index contributed by atoms with van der Waals surface area (Å²) in [6.45, 7) is 6.97. The van der Waals surface area contributed by atoms with Gasteiger partial charge in [-0.3, -0.25) is 9.59 Å². The highest BCUT2D eigenvalue weighted by molar-refractivity contribution is 7.89. The van der Waals surface area contributed by atoms with Gasteiger partial charge in [-0.1, -0.05) is 66.5 Å². The van der Waals surface area contributed by atoms with Gasteiger partial charge in [-0.15, -0.1) is 0 Å². The van der Waals surface area contributed by atoms with Crippen LogP contribution in [0, 0.1) is 0 Å². The number of carbonyl (C=O) groups excluding carboxylic acids is 2. The lowest BCUT2D eigenvalue weighted by molar-refractivity contribution is -0.142. The highest BCUT2D eigenvalue weighted by Crippen LogP contribution is 2.25. The van der Waals surface area contributed by atoms with Gasteiger partial charge >= 0.3 is 0 Å². The van der Waals surface area contributed by atoms with Crippen LogP contribution in [0.4, 0.5) is 0 Å². The van der Waals surface area contributed by atoms with Crippen molar-refractivity contribution < 1.29 is 18.0 Å². The molecular formula is C28H33Cl2N3O4S. The minimum atomic E-state index is -3.98. The zero-order chi connectivity index (χ0) is 28.3. The fourth-order valence-electron chi connectivity index (χ4n) is 4.08. The Balaban J connectivity index is 1.91. The number of carbonyl (C=O) groups is 2. The van der Waals surface area contributed by atoms with Crippen LogP contribution in [0.15, 0.2) is 65.6 Å². The number of hydrogen-bond donors (Lipinski definition) is 1. The summed E-state index contributed by atoms with van der Waals surface area (Å²) in [6.07, 6.45) is 0.329. The van der Waals surface area contributed by atoms with Crippen molar-refractivity contribution in [3.8, 4) is 0 Å². The van der Waals surface area contributed by atoms with Gasteiger partial charge in [-0.25, -0.2) is 8.42 Å². The van der Waals surface area contributed by atoms with E-state index in [1.54, 1.807) is 37.3 Å². The van der Waals surface area contributed by atoms with Crippen LogP contribution >= 0.6 is 23.2 Å². The van der Waals surface area contributed by atoms with Crippen molar-refractivity contribution in [2.45, 2.75) is 57.1 Å². The normalized spacial score (nSPS) is 12.9. The second kappa shape index (κ2) is 12.0. The zero-order valence-corrected chi connectivity index (χ0v) is 24.5. The van der Waals surface area contributed by atoms with Crippen LogP contribution < -0.4 is 5.32 Å². The Labute approximate surface area is 234 Å². The Morgan fingerprint density at radius 3 is 2.21 bits per heavy atom. The minimum absolute atomic E-state index is 0.0512. The number of benzene rings is 3. The molecule has 10 heteroatoms. The predicted octanol–water partition coefficient (Wildman–Crippen LogP) is 5.49. The first-order chi connectivity index (χ1) is 17.7. The van der Waals surface area contributed by atoms with Crippen LogP contribution in [0.2, 0.25) is 10.0 Å². The molecule has 3 rings (SSSR count). The van der Waals surface area contributed by atoms with Gasteiger partial charge in [0.2, 0.25) is 21.8 Å². The Kier molecular flexibility index (Phi) is 9.47. The van der Waals surface area contributed by atoms with Crippen molar-refractivity contribution in [2.75, 3.05) is 13.6 Å². The first kappa shape index (κ1) is 29.9. The molecule has 1 atom stereocenters. The SMILES string of the molecule is CCC(C(=O)NC(C)(C)C)N(Cc1ccc(Cl)c(Cl)c1)C(=O)CN(C)S(=O)(=O)c1ccc2ccccc2c1. The van der Waals surface area contributed by atoms with Crippen LogP contribution in [-0.2, 0) is 26.2 Å². The van der Waals surface area contributed by atoms with Crippen molar-refractivity contribution in [2.24, 2.45) is 0 Å². The smallest absolute Gasteiger partial charge is 0.243 e. The Bertz CT molecular complexity index is 1440. The molecule has 0 aromatic heterocycles. The molecule has 0 aliphatic carbocycles. The van der Waals surface area contributed by atoms with Gasteiger partial charge in [0.1, 0.15) is 6.04 Å². The summed E-state index contributed by atoms with van der Waals surface area (Å²) in [5, 5.41) is 5.30. The van der Waals surface area contributed by atoms with E-state index < -0.39 is 34.1 Å². The summed E-state index contributed by atoms with van der Waals surface area (Å²) in [5.74, 6) is -0.840. The maximum Gasteiger partial charge on any atom is 0.243 e. The lowest BCUT2D eigenvalue weighted by Crippen LogP contribution is -2.55. The number of amides is 2. The monoisotopic (exact) mass is 577 g/mol. The number of rotatable bonds is 9. The van der Waals surface area contributed by atoms with E-state index in [0.717, 1.165) is 15.1 Å². The van der Waals surface area contributed by atoms with Crippen LogP contribution in [0.3, 0.4) is 0 Å². The summed E-state index contributed by atoms with van der Waals surface area (Å²) in [5.41, 5.74) is 0.147. The molecule has 0 spiro atoms. The molecule has 0 fully saturated rings. The average molecular weight is 579 g/mol. The van der Waals surface area contributed by atoms with Crippen LogP contribution in [0.25, 0.3) is 10.8 Å². The number of nitrogens with one attached hydrogen (secondary N) is 1. The maximum atomic E-state index is 13.7. The average Bonchev–Trinajstić information content (AvgIpc) is 2.84. The maximum absolute atomic E-state index is 13.7. The molecule has 204 valence electrons. The standard InChI is InChI=1S/C28H33Cl2N3O4S/c1-6-25(27(35)31-28(2,3)4)33(17-19-11-14-23(29)24(30)15-19)26(34)18-32(5)38(36,37)22-13-12-20-9-7-8-10-21(20)16-22/h7-16,25H,6,17-18H2,1-5H3,(H,31,35). The molecule has 0 heterocycles. The van der Waals surface area contributed by atoms with Gasteiger partial charge < -0.3 is 10.2 Å². The number of fused-ring (bicyclic) bond motifs is 1. The van der Waals surface area contributed by atoms with E-state index in [9.17, 15) is 18.0 Å². The Morgan fingerprint density at radius 2 is 1.61 bits per heavy atom. The van der Waals surface area contributed by atoms with Gasteiger partial charge in [0.05, 0.1) is 21.5 Å². The minimum Gasteiger partial charge on any atom is -0.350 e. The summed E-state index contributed by atoms with van der Waals surface area (Å²) in [4.78, 5) is 28.3. The van der Waals surface area contributed by atoms with Gasteiger partial charge in [0, 0.05) is 19.1 Å². The van der Waals surface area contributed by atoms with Gasteiger partial charge in [-0.2, -0.15) is 4.31 Å². The third-order valence-electron chi connectivity index (χ3n) is 6.01. The molecule has 7 nitrogen and oxygen atoms in total. The van der Waals surface area contributed by atoms with E-state index in [-0.39, 0.29) is 17.3 Å². The molecule has 1 unspecified atom stereocenters. The number of halogens is 2. The molecule has 0 saturated heterocycles. The van der Waals surface area contributed by atoms with E-state index in [1.807, 2.05) is 45.0 Å². The number of hydrogen-bond acceptors (Lipinski definition) is 4. The highest BCUT2D eigenvalue weighted by atomic mass is 35.5. The van der Waals surface area contributed by atoms with E-state index in [0.29, 0.717) is 22.0 Å². The third-order valence-corrected chi connectivity index (χ3v) is 8.55. The van der Waals surface area contributed by atoms with Gasteiger partial charge in [0.25, 0.3) is 0 Å². The topological polar surface area (TPSA) is 86.8 Å². The van der Waals surface area contributed by atoms with Gasteiger partial charge in [0.15, 0.2) is 0 Å². The molecular weight excluding hydrogens is 545 g/mol. The lowest BCUT2D eigenvalue weighted by Gasteiger charge is -2.34. The largest absolute Gasteiger partial charge is 0.350 e. The fourth-order valence-corrected chi connectivity index (χ4v) is 5.56. The van der Waals surface area contributed by atoms with Crippen molar-refractivity contribution in [3.63, 3.8) is 0 Å². The lowest BCUT2D eigenvalue weighted by atomic mass is 10.1. The number of nitrogens with zero attached hydrogens (tertiary/aromatic N) is 2. The van der Waals surface area contributed by atoms with Crippen LogP contribution in [-0.4, -0.2) is 54.6 Å². The van der Waals surface area contributed by atoms with Crippen molar-refractivity contribution >= 4 is 55.8 Å². The van der Waals surface area contributed by atoms with E-state index in [4.69, 9.17) is 23.2 Å². The molecule has 0 aliphatic heterocycles. The van der Waals surface area contributed by atoms with Gasteiger partial charge in [-0.05, 0) is 67.8 Å². The summed E-state index contributed by atoms with van der Waals surface area (Å²) in [6, 6.07) is 16.4. The Hall–Kier alpha value is -2.65. The highest BCUT2D eigenvalue weighted by Gasteiger charge is 2.33. The van der Waals surface area contributed by atoms with E-state index >= 15 is 0 Å².